The van der Waals surface area contributed by atoms with E-state index >= 15 is 0 Å². The summed E-state index contributed by atoms with van der Waals surface area (Å²) in [5.41, 5.74) is 1.28. The van der Waals surface area contributed by atoms with Crippen LogP contribution in [0, 0.1) is 0 Å². The summed E-state index contributed by atoms with van der Waals surface area (Å²) in [4.78, 5) is 0. The van der Waals surface area contributed by atoms with Crippen LogP contribution in [0.15, 0.2) is 30.3 Å². The third-order valence-electron chi connectivity index (χ3n) is 2.81. The van der Waals surface area contributed by atoms with Gasteiger partial charge in [0.25, 0.3) is 0 Å². The van der Waals surface area contributed by atoms with Crippen LogP contribution in [-0.4, -0.2) is 20.6 Å². The number of aromatic amines is 1. The monoisotopic (exact) mass is 231 g/mol. The van der Waals surface area contributed by atoms with Gasteiger partial charge < -0.3 is 5.32 Å². The predicted molar refractivity (Wildman–Crippen MR) is 65.2 cm³/mol. The van der Waals surface area contributed by atoms with Gasteiger partial charge in [0.15, 0.2) is 5.82 Å². The first-order valence-corrected chi connectivity index (χ1v) is 5.85. The fraction of sp³-hybridized carbons (Fsp3) is 0.417. The van der Waals surface area contributed by atoms with Crippen molar-refractivity contribution in [2.45, 2.75) is 32.4 Å². The fourth-order valence-electron chi connectivity index (χ4n) is 1.86. The number of hydrogen-bond donors (Lipinski definition) is 2. The molecule has 5 heteroatoms. The van der Waals surface area contributed by atoms with Crippen LogP contribution in [0.3, 0.4) is 0 Å². The first-order chi connectivity index (χ1) is 8.31. The maximum Gasteiger partial charge on any atom is 0.191 e. The summed E-state index contributed by atoms with van der Waals surface area (Å²) in [5.74, 6) is 0.694. The molecule has 2 N–H and O–H groups in total. The van der Waals surface area contributed by atoms with Crippen LogP contribution in [0.5, 0.6) is 0 Å². The number of benzene rings is 1. The van der Waals surface area contributed by atoms with Crippen molar-refractivity contribution in [2.24, 2.45) is 0 Å². The van der Waals surface area contributed by atoms with E-state index in [2.05, 4.69) is 57.1 Å². The summed E-state index contributed by atoms with van der Waals surface area (Å²) in [5, 5.41) is 17.5. The highest BCUT2D eigenvalue weighted by molar-refractivity contribution is 5.19. The topological polar surface area (TPSA) is 66.5 Å². The molecular formula is C12H17N5. The lowest BCUT2D eigenvalue weighted by Gasteiger charge is -2.20. The van der Waals surface area contributed by atoms with Gasteiger partial charge in [0, 0.05) is 6.04 Å². The summed E-state index contributed by atoms with van der Waals surface area (Å²) in [6, 6.07) is 10.8. The Kier molecular flexibility index (Phi) is 3.82. The van der Waals surface area contributed by atoms with Crippen molar-refractivity contribution in [2.75, 3.05) is 0 Å². The molecule has 0 aliphatic carbocycles. The lowest BCUT2D eigenvalue weighted by molar-refractivity contribution is 0.443. The zero-order valence-electron chi connectivity index (χ0n) is 10.1. The summed E-state index contributed by atoms with van der Waals surface area (Å²) >= 11 is 0. The van der Waals surface area contributed by atoms with Gasteiger partial charge in [-0.15, -0.1) is 10.2 Å². The molecule has 2 unspecified atom stereocenters. The number of aromatic nitrogens is 4. The maximum atomic E-state index is 3.99. The number of rotatable bonds is 5. The lowest BCUT2D eigenvalue weighted by atomic mass is 10.0. The first-order valence-electron chi connectivity index (χ1n) is 5.85. The zero-order chi connectivity index (χ0) is 12.1. The molecule has 0 radical (unpaired) electrons. The first kappa shape index (κ1) is 11.7. The van der Waals surface area contributed by atoms with E-state index in [0.717, 1.165) is 6.42 Å². The van der Waals surface area contributed by atoms with E-state index in [0.29, 0.717) is 11.9 Å². The van der Waals surface area contributed by atoms with Crippen LogP contribution in [0.1, 0.15) is 43.7 Å². The minimum Gasteiger partial charge on any atom is -0.300 e. The van der Waals surface area contributed by atoms with E-state index in [4.69, 9.17) is 0 Å². The quantitative estimate of drug-likeness (QED) is 0.826. The van der Waals surface area contributed by atoms with E-state index in [1.165, 1.54) is 5.56 Å². The predicted octanol–water partition coefficient (Wildman–Crippen LogP) is 2.00. The molecule has 0 bridgehead atoms. The summed E-state index contributed by atoms with van der Waals surface area (Å²) in [6.45, 7) is 4.20. The Labute approximate surface area is 101 Å². The number of nitrogens with one attached hydrogen (secondary N) is 2. The molecule has 0 aliphatic rings. The van der Waals surface area contributed by atoms with Crippen molar-refractivity contribution in [3.8, 4) is 0 Å². The Morgan fingerprint density at radius 1 is 1.29 bits per heavy atom. The Bertz CT molecular complexity index is 425. The van der Waals surface area contributed by atoms with Crippen LogP contribution < -0.4 is 5.32 Å². The van der Waals surface area contributed by atoms with Gasteiger partial charge in [-0.25, -0.2) is 0 Å². The van der Waals surface area contributed by atoms with Crippen LogP contribution in [-0.2, 0) is 0 Å². The molecule has 1 heterocycles. The second kappa shape index (κ2) is 5.54. The lowest BCUT2D eigenvalue weighted by Crippen LogP contribution is -2.25. The summed E-state index contributed by atoms with van der Waals surface area (Å²) in [7, 11) is 0. The van der Waals surface area contributed by atoms with Crippen LogP contribution >= 0.6 is 0 Å². The second-order valence-corrected chi connectivity index (χ2v) is 4.03. The third-order valence-corrected chi connectivity index (χ3v) is 2.81. The molecule has 0 fully saturated rings. The smallest absolute Gasteiger partial charge is 0.191 e. The van der Waals surface area contributed by atoms with Gasteiger partial charge in [0.2, 0.25) is 0 Å². The van der Waals surface area contributed by atoms with Gasteiger partial charge >= 0.3 is 0 Å². The van der Waals surface area contributed by atoms with E-state index in [9.17, 15) is 0 Å². The van der Waals surface area contributed by atoms with Gasteiger partial charge in [-0.2, -0.15) is 5.21 Å². The number of nitrogens with zero attached hydrogens (tertiary/aromatic N) is 3. The van der Waals surface area contributed by atoms with Crippen molar-refractivity contribution in [1.82, 2.24) is 25.9 Å². The Hall–Kier alpha value is -1.75. The van der Waals surface area contributed by atoms with E-state index in [1.807, 2.05) is 13.0 Å². The van der Waals surface area contributed by atoms with Gasteiger partial charge in [0.05, 0.1) is 6.04 Å². The van der Waals surface area contributed by atoms with E-state index in [1.54, 1.807) is 0 Å². The van der Waals surface area contributed by atoms with Crippen molar-refractivity contribution >= 4 is 0 Å². The molecular weight excluding hydrogens is 214 g/mol. The molecule has 1 aromatic heterocycles. The highest BCUT2D eigenvalue weighted by Crippen LogP contribution is 2.19. The molecule has 2 aromatic rings. The normalized spacial score (nSPS) is 14.5. The number of H-pyrrole nitrogens is 1. The highest BCUT2D eigenvalue weighted by atomic mass is 15.5. The molecule has 2 atom stereocenters. The zero-order valence-corrected chi connectivity index (χ0v) is 10.1. The molecule has 0 spiro atoms. The van der Waals surface area contributed by atoms with Crippen LogP contribution in [0.2, 0.25) is 0 Å². The largest absolute Gasteiger partial charge is 0.300 e. The van der Waals surface area contributed by atoms with Gasteiger partial charge in [0.1, 0.15) is 0 Å². The van der Waals surface area contributed by atoms with Crippen LogP contribution in [0.25, 0.3) is 0 Å². The molecule has 1 aromatic carbocycles. The SMILES string of the molecule is CCC(NC(C)c1nn[nH]n1)c1ccccc1. The molecule has 0 amide bonds. The molecule has 2 rings (SSSR count). The molecule has 0 aliphatic heterocycles. The Balaban J connectivity index is 2.06. The van der Waals surface area contributed by atoms with Crippen molar-refractivity contribution in [3.05, 3.63) is 41.7 Å². The van der Waals surface area contributed by atoms with E-state index < -0.39 is 0 Å². The molecule has 0 saturated carbocycles. The fourth-order valence-corrected chi connectivity index (χ4v) is 1.86. The van der Waals surface area contributed by atoms with Gasteiger partial charge in [-0.3, -0.25) is 0 Å². The minimum atomic E-state index is 0.0823. The Morgan fingerprint density at radius 3 is 2.65 bits per heavy atom. The average molecular weight is 231 g/mol. The second-order valence-electron chi connectivity index (χ2n) is 4.03. The minimum absolute atomic E-state index is 0.0823. The molecule has 17 heavy (non-hydrogen) atoms. The molecule has 0 saturated heterocycles. The Morgan fingerprint density at radius 2 is 2.06 bits per heavy atom. The van der Waals surface area contributed by atoms with Crippen LogP contribution in [0.4, 0.5) is 0 Å². The van der Waals surface area contributed by atoms with Crippen molar-refractivity contribution < 1.29 is 0 Å². The highest BCUT2D eigenvalue weighted by Gasteiger charge is 2.16. The third kappa shape index (κ3) is 2.88. The molecule has 5 nitrogen and oxygen atoms in total. The average Bonchev–Trinajstić information content (AvgIpc) is 2.90. The van der Waals surface area contributed by atoms with Gasteiger partial charge in [-0.05, 0) is 18.9 Å². The van der Waals surface area contributed by atoms with Gasteiger partial charge in [-0.1, -0.05) is 42.5 Å². The van der Waals surface area contributed by atoms with Crippen molar-refractivity contribution in [3.63, 3.8) is 0 Å². The summed E-state index contributed by atoms with van der Waals surface area (Å²) in [6.07, 6.45) is 1.02. The molecule has 90 valence electrons. The van der Waals surface area contributed by atoms with E-state index in [-0.39, 0.29) is 6.04 Å². The number of hydrogen-bond acceptors (Lipinski definition) is 4. The standard InChI is InChI=1S/C12H17N5/c1-3-11(10-7-5-4-6-8-10)13-9(2)12-14-16-17-15-12/h4-9,11,13H,3H2,1-2H3,(H,14,15,16,17). The van der Waals surface area contributed by atoms with Crippen molar-refractivity contribution in [1.29, 1.82) is 0 Å². The summed E-state index contributed by atoms with van der Waals surface area (Å²) < 4.78 is 0. The number of tetrazole rings is 1. The maximum absolute atomic E-state index is 3.99.